The monoisotopic (exact) mass is 212 g/mol. The maximum absolute atomic E-state index is 10.9. The molecule has 0 aliphatic carbocycles. The fourth-order valence-electron chi connectivity index (χ4n) is 1.32. The molecule has 0 radical (unpaired) electrons. The van der Waals surface area contributed by atoms with Crippen LogP contribution >= 0.6 is 0 Å². The molecule has 5 nitrogen and oxygen atoms in total. The van der Waals surface area contributed by atoms with Gasteiger partial charge in [0.1, 0.15) is 17.9 Å². The summed E-state index contributed by atoms with van der Waals surface area (Å²) in [4.78, 5) is 18.9. The molecular weight excluding hydrogens is 204 g/mol. The lowest BCUT2D eigenvalue weighted by Crippen LogP contribution is -1.96. The molecule has 0 aromatic carbocycles. The van der Waals surface area contributed by atoms with Gasteiger partial charge in [-0.1, -0.05) is 5.92 Å². The van der Waals surface area contributed by atoms with E-state index in [9.17, 15) is 4.79 Å². The van der Waals surface area contributed by atoms with Crippen molar-refractivity contribution in [3.05, 3.63) is 30.4 Å². The van der Waals surface area contributed by atoms with E-state index in [1.54, 1.807) is 24.8 Å². The van der Waals surface area contributed by atoms with E-state index in [4.69, 9.17) is 6.42 Å². The van der Waals surface area contributed by atoms with E-state index in [0.29, 0.717) is 23.5 Å². The molecule has 0 N–H and O–H groups in total. The molecule has 0 amide bonds. The molecule has 5 heteroatoms. The highest BCUT2D eigenvalue weighted by Crippen LogP contribution is 2.16. The van der Waals surface area contributed by atoms with E-state index >= 15 is 0 Å². The number of hydrogen-bond donors (Lipinski definition) is 0. The van der Waals surface area contributed by atoms with Crippen LogP contribution in [0.4, 0.5) is 0 Å². The zero-order valence-electron chi connectivity index (χ0n) is 8.37. The van der Waals surface area contributed by atoms with Crippen LogP contribution < -0.4 is 0 Å². The lowest BCUT2D eigenvalue weighted by molar-refractivity contribution is 0.112. The third kappa shape index (κ3) is 1.81. The normalized spacial score (nSPS) is 9.69. The minimum absolute atomic E-state index is 0.321. The van der Waals surface area contributed by atoms with Crippen LogP contribution in [0.25, 0.3) is 11.4 Å². The number of rotatable bonds is 3. The Morgan fingerprint density at radius 2 is 2.38 bits per heavy atom. The quantitative estimate of drug-likeness (QED) is 0.557. The number of nitrogens with zero attached hydrogens (tertiary/aromatic N) is 4. The first-order valence-corrected chi connectivity index (χ1v) is 4.57. The molecule has 2 aromatic heterocycles. The van der Waals surface area contributed by atoms with Gasteiger partial charge in [0.25, 0.3) is 0 Å². The highest BCUT2D eigenvalue weighted by atomic mass is 16.1. The Kier molecular flexibility index (Phi) is 2.74. The largest absolute Gasteiger partial charge is 0.298 e. The van der Waals surface area contributed by atoms with Crippen LogP contribution in [-0.2, 0) is 6.54 Å². The minimum Gasteiger partial charge on any atom is -0.298 e. The van der Waals surface area contributed by atoms with Gasteiger partial charge >= 0.3 is 0 Å². The Bertz CT molecular complexity index is 539. The van der Waals surface area contributed by atoms with Crippen LogP contribution in [0.5, 0.6) is 0 Å². The molecule has 2 rings (SSSR count). The van der Waals surface area contributed by atoms with Crippen LogP contribution in [0.2, 0.25) is 0 Å². The molecule has 78 valence electrons. The molecule has 16 heavy (non-hydrogen) atoms. The van der Waals surface area contributed by atoms with Gasteiger partial charge in [0.2, 0.25) is 0 Å². The van der Waals surface area contributed by atoms with Gasteiger partial charge in [-0.15, -0.1) is 6.42 Å². The highest BCUT2D eigenvalue weighted by Gasteiger charge is 2.11. The van der Waals surface area contributed by atoms with Crippen LogP contribution in [0.15, 0.2) is 24.8 Å². The second-order valence-electron chi connectivity index (χ2n) is 3.04. The summed E-state index contributed by atoms with van der Waals surface area (Å²) < 4.78 is 1.52. The number of carbonyl (C=O) groups is 1. The summed E-state index contributed by atoms with van der Waals surface area (Å²) in [6.07, 6.45) is 12.1. The predicted octanol–water partition coefficient (Wildman–Crippen LogP) is 0.786. The summed E-state index contributed by atoms with van der Waals surface area (Å²) in [5, 5.41) is 4.18. The number of aromatic nitrogens is 4. The van der Waals surface area contributed by atoms with Gasteiger partial charge in [-0.2, -0.15) is 5.10 Å². The van der Waals surface area contributed by atoms with Gasteiger partial charge in [-0.3, -0.25) is 19.4 Å². The Balaban J connectivity index is 2.48. The fourth-order valence-corrected chi connectivity index (χ4v) is 1.32. The SMILES string of the molecule is C#CCn1cc(C=O)c(-c2cnccn2)n1. The number of terminal acetylenes is 1. The number of aldehydes is 1. The molecule has 0 unspecified atom stereocenters. The Morgan fingerprint density at radius 1 is 1.50 bits per heavy atom. The van der Waals surface area contributed by atoms with Crippen LogP contribution in [0, 0.1) is 12.3 Å². The Morgan fingerprint density at radius 3 is 3.00 bits per heavy atom. The molecule has 0 aliphatic rings. The zero-order chi connectivity index (χ0) is 11.4. The van der Waals surface area contributed by atoms with Gasteiger partial charge in [0.05, 0.1) is 11.8 Å². The third-order valence-electron chi connectivity index (χ3n) is 1.98. The molecule has 0 bridgehead atoms. The summed E-state index contributed by atoms with van der Waals surface area (Å²) in [5.41, 5.74) is 1.51. The first-order chi connectivity index (χ1) is 7.85. The van der Waals surface area contributed by atoms with Crippen molar-refractivity contribution in [2.75, 3.05) is 0 Å². The second kappa shape index (κ2) is 4.36. The molecule has 0 atom stereocenters. The third-order valence-corrected chi connectivity index (χ3v) is 1.98. The zero-order valence-corrected chi connectivity index (χ0v) is 8.37. The van der Waals surface area contributed by atoms with Gasteiger partial charge in [0, 0.05) is 18.6 Å². The van der Waals surface area contributed by atoms with E-state index in [1.807, 2.05) is 0 Å². The predicted molar refractivity (Wildman–Crippen MR) is 57.5 cm³/mol. The molecule has 0 aliphatic heterocycles. The Hall–Kier alpha value is -2.48. The summed E-state index contributed by atoms with van der Waals surface area (Å²) >= 11 is 0. The minimum atomic E-state index is 0.321. The average Bonchev–Trinajstić information content (AvgIpc) is 2.74. The summed E-state index contributed by atoms with van der Waals surface area (Å²) in [6.45, 7) is 0.321. The van der Waals surface area contributed by atoms with Crippen molar-refractivity contribution in [3.63, 3.8) is 0 Å². The maximum atomic E-state index is 10.9. The van der Waals surface area contributed by atoms with Crippen molar-refractivity contribution in [1.29, 1.82) is 0 Å². The lowest BCUT2D eigenvalue weighted by Gasteiger charge is -1.94. The van der Waals surface area contributed by atoms with Crippen molar-refractivity contribution in [2.24, 2.45) is 0 Å². The van der Waals surface area contributed by atoms with Gasteiger partial charge in [0.15, 0.2) is 6.29 Å². The molecular formula is C11H8N4O. The van der Waals surface area contributed by atoms with Crippen molar-refractivity contribution in [3.8, 4) is 23.7 Å². The van der Waals surface area contributed by atoms with Crippen LogP contribution in [0.1, 0.15) is 10.4 Å². The molecule has 0 saturated heterocycles. The fraction of sp³-hybridized carbons (Fsp3) is 0.0909. The second-order valence-corrected chi connectivity index (χ2v) is 3.04. The van der Waals surface area contributed by atoms with Gasteiger partial charge in [-0.05, 0) is 0 Å². The number of hydrogen-bond acceptors (Lipinski definition) is 4. The van der Waals surface area contributed by atoms with E-state index in [0.717, 1.165) is 6.29 Å². The van der Waals surface area contributed by atoms with E-state index < -0.39 is 0 Å². The molecule has 2 aromatic rings. The summed E-state index contributed by atoms with van der Waals surface area (Å²) in [5.74, 6) is 2.45. The number of carbonyl (C=O) groups excluding carboxylic acids is 1. The average molecular weight is 212 g/mol. The lowest BCUT2D eigenvalue weighted by atomic mass is 10.2. The van der Waals surface area contributed by atoms with Crippen molar-refractivity contribution < 1.29 is 4.79 Å². The van der Waals surface area contributed by atoms with E-state index in [1.165, 1.54) is 4.68 Å². The van der Waals surface area contributed by atoms with Crippen molar-refractivity contribution >= 4 is 6.29 Å². The first kappa shape index (κ1) is 10.1. The van der Waals surface area contributed by atoms with Crippen molar-refractivity contribution in [1.82, 2.24) is 19.7 Å². The standard InChI is InChI=1S/C11H8N4O/c1-2-5-15-7-9(8-16)11(14-15)10-6-12-3-4-13-10/h1,3-4,6-8H,5H2. The molecule has 0 fully saturated rings. The van der Waals surface area contributed by atoms with Gasteiger partial charge < -0.3 is 0 Å². The molecule has 2 heterocycles. The van der Waals surface area contributed by atoms with E-state index in [2.05, 4.69) is 21.0 Å². The summed E-state index contributed by atoms with van der Waals surface area (Å²) in [7, 11) is 0. The molecule has 0 spiro atoms. The molecule has 0 saturated carbocycles. The van der Waals surface area contributed by atoms with Crippen LogP contribution in [0.3, 0.4) is 0 Å². The topological polar surface area (TPSA) is 60.7 Å². The smallest absolute Gasteiger partial charge is 0.153 e. The van der Waals surface area contributed by atoms with Gasteiger partial charge in [-0.25, -0.2) is 0 Å². The maximum Gasteiger partial charge on any atom is 0.153 e. The van der Waals surface area contributed by atoms with Crippen molar-refractivity contribution in [2.45, 2.75) is 6.54 Å². The summed E-state index contributed by atoms with van der Waals surface area (Å²) in [6, 6.07) is 0. The van der Waals surface area contributed by atoms with Crippen LogP contribution in [-0.4, -0.2) is 26.0 Å². The highest BCUT2D eigenvalue weighted by molar-refractivity contribution is 5.84. The first-order valence-electron chi connectivity index (χ1n) is 4.57. The Labute approximate surface area is 92.2 Å². The van der Waals surface area contributed by atoms with E-state index in [-0.39, 0.29) is 0 Å².